The average Bonchev–Trinajstić information content (AvgIpc) is 2.89. The van der Waals surface area contributed by atoms with Gasteiger partial charge in [-0.05, 0) is 44.2 Å². The zero-order valence-electron chi connectivity index (χ0n) is 21.3. The first-order chi connectivity index (χ1) is 18.1. The van der Waals surface area contributed by atoms with Gasteiger partial charge < -0.3 is 49.1 Å². The molecule has 0 aliphatic heterocycles. The summed E-state index contributed by atoms with van der Waals surface area (Å²) in [5, 5.41) is 26.4. The van der Waals surface area contributed by atoms with E-state index in [1.54, 1.807) is 30.3 Å². The number of aliphatic imine (C=N–C) groups is 1. The molecule has 14 nitrogen and oxygen atoms in total. The first-order valence-corrected chi connectivity index (χ1v) is 12.4. The van der Waals surface area contributed by atoms with Gasteiger partial charge in [0.2, 0.25) is 17.7 Å². The second-order valence-corrected chi connectivity index (χ2v) is 8.73. The summed E-state index contributed by atoms with van der Waals surface area (Å²) in [6, 6.07) is 4.13. The predicted octanol–water partition coefficient (Wildman–Crippen LogP) is -2.73. The quantitative estimate of drug-likeness (QED) is 0.0531. The van der Waals surface area contributed by atoms with Gasteiger partial charge in [0.15, 0.2) is 5.96 Å². The Bertz CT molecular complexity index is 926. The molecule has 3 amide bonds. The van der Waals surface area contributed by atoms with Crippen molar-refractivity contribution in [2.45, 2.75) is 62.7 Å². The van der Waals surface area contributed by atoms with E-state index in [0.717, 1.165) is 0 Å². The fourth-order valence-electron chi connectivity index (χ4n) is 3.49. The number of hydrogen-bond donors (Lipinski definition) is 9. The molecule has 0 heterocycles. The number of aliphatic carboxylic acids is 1. The maximum Gasteiger partial charge on any atom is 0.326 e. The van der Waals surface area contributed by atoms with Crippen LogP contribution in [-0.4, -0.2) is 83.7 Å². The summed E-state index contributed by atoms with van der Waals surface area (Å²) in [6.07, 6.45) is 1.73. The molecule has 0 spiro atoms. The minimum absolute atomic E-state index is 0.0495. The van der Waals surface area contributed by atoms with Gasteiger partial charge in [0, 0.05) is 13.0 Å². The van der Waals surface area contributed by atoms with Crippen LogP contribution in [0.5, 0.6) is 0 Å². The lowest BCUT2D eigenvalue weighted by Crippen LogP contribution is -2.57. The molecule has 4 unspecified atom stereocenters. The summed E-state index contributed by atoms with van der Waals surface area (Å²) in [4.78, 5) is 54.2. The summed E-state index contributed by atoms with van der Waals surface area (Å²) in [5.74, 6) is -3.48. The highest BCUT2D eigenvalue weighted by Gasteiger charge is 2.30. The van der Waals surface area contributed by atoms with Gasteiger partial charge in [0.1, 0.15) is 24.2 Å². The normalized spacial score (nSPS) is 13.9. The minimum atomic E-state index is -1.25. The first-order valence-electron chi connectivity index (χ1n) is 12.4. The van der Waals surface area contributed by atoms with E-state index in [2.05, 4.69) is 20.9 Å². The molecule has 0 bridgehead atoms. The number of guanidine groups is 1. The van der Waals surface area contributed by atoms with Crippen molar-refractivity contribution in [2.75, 3.05) is 19.7 Å². The number of amides is 3. The molecule has 13 N–H and O–H groups in total. The third-order valence-electron chi connectivity index (χ3n) is 5.59. The second-order valence-electron chi connectivity index (χ2n) is 8.73. The van der Waals surface area contributed by atoms with Crippen molar-refractivity contribution < 1.29 is 29.4 Å². The third-order valence-corrected chi connectivity index (χ3v) is 5.59. The number of hydrogen-bond acceptors (Lipinski definition) is 8. The van der Waals surface area contributed by atoms with Gasteiger partial charge >= 0.3 is 5.97 Å². The molecule has 0 aliphatic rings. The zero-order chi connectivity index (χ0) is 28.5. The Kier molecular flexibility index (Phi) is 15.0. The third kappa shape index (κ3) is 12.5. The molecule has 4 atom stereocenters. The molecule has 0 radical (unpaired) electrons. The van der Waals surface area contributed by atoms with E-state index in [1.165, 1.54) is 0 Å². The number of nitrogens with zero attached hydrogens (tertiary/aromatic N) is 1. The highest BCUT2D eigenvalue weighted by Crippen LogP contribution is 2.08. The average molecular weight is 537 g/mol. The number of aliphatic hydroxyl groups excluding tert-OH is 1. The number of carboxylic acid groups (broad SMARTS) is 1. The van der Waals surface area contributed by atoms with E-state index in [0.29, 0.717) is 31.4 Å². The van der Waals surface area contributed by atoms with Crippen molar-refractivity contribution in [1.82, 2.24) is 16.0 Å². The molecule has 212 valence electrons. The Morgan fingerprint density at radius 2 is 1.39 bits per heavy atom. The van der Waals surface area contributed by atoms with Gasteiger partial charge in [0.25, 0.3) is 0 Å². The lowest BCUT2D eigenvalue weighted by Gasteiger charge is -2.25. The van der Waals surface area contributed by atoms with Crippen molar-refractivity contribution in [3.05, 3.63) is 35.9 Å². The molecule has 1 rings (SSSR count). The maximum atomic E-state index is 13.1. The van der Waals surface area contributed by atoms with Gasteiger partial charge in [-0.3, -0.25) is 19.4 Å². The molecular weight excluding hydrogens is 496 g/mol. The molecule has 14 heteroatoms. The lowest BCUT2D eigenvalue weighted by molar-refractivity contribution is -0.142. The Labute approximate surface area is 221 Å². The molecule has 1 aromatic carbocycles. The van der Waals surface area contributed by atoms with E-state index < -0.39 is 54.5 Å². The van der Waals surface area contributed by atoms with Crippen molar-refractivity contribution in [3.63, 3.8) is 0 Å². The molecule has 0 aromatic heterocycles. The van der Waals surface area contributed by atoms with Crippen LogP contribution >= 0.6 is 0 Å². The highest BCUT2D eigenvalue weighted by atomic mass is 16.4. The molecule has 0 aliphatic carbocycles. The second kappa shape index (κ2) is 17.7. The molecule has 38 heavy (non-hydrogen) atoms. The number of aliphatic hydroxyl groups is 1. The van der Waals surface area contributed by atoms with E-state index in [1.807, 2.05) is 0 Å². The minimum Gasteiger partial charge on any atom is -0.480 e. The highest BCUT2D eigenvalue weighted by molar-refractivity contribution is 5.94. The number of carboxylic acids is 1. The van der Waals surface area contributed by atoms with Gasteiger partial charge in [0.05, 0.1) is 6.61 Å². The van der Waals surface area contributed by atoms with Gasteiger partial charge in [-0.1, -0.05) is 30.3 Å². The van der Waals surface area contributed by atoms with Crippen molar-refractivity contribution in [3.8, 4) is 0 Å². The summed E-state index contributed by atoms with van der Waals surface area (Å²) in [7, 11) is 0. The number of unbranched alkanes of at least 4 members (excludes halogenated alkanes) is 1. The number of carbonyl (C=O) groups excluding carboxylic acids is 3. The van der Waals surface area contributed by atoms with Crippen LogP contribution in [0.1, 0.15) is 37.7 Å². The van der Waals surface area contributed by atoms with Crippen molar-refractivity contribution >= 4 is 29.7 Å². The molecule has 1 aromatic rings. The fourth-order valence-corrected chi connectivity index (χ4v) is 3.49. The summed E-state index contributed by atoms with van der Waals surface area (Å²) in [6.45, 7) is -0.0684. The summed E-state index contributed by atoms with van der Waals surface area (Å²) < 4.78 is 0. The summed E-state index contributed by atoms with van der Waals surface area (Å²) >= 11 is 0. The summed E-state index contributed by atoms with van der Waals surface area (Å²) in [5.41, 5.74) is 22.5. The van der Waals surface area contributed by atoms with E-state index >= 15 is 0 Å². The zero-order valence-corrected chi connectivity index (χ0v) is 21.3. The number of nitrogens with one attached hydrogen (secondary N) is 3. The van der Waals surface area contributed by atoms with Crippen LogP contribution in [0.15, 0.2) is 35.3 Å². The van der Waals surface area contributed by atoms with Gasteiger partial charge in [-0.2, -0.15) is 0 Å². The van der Waals surface area contributed by atoms with Crippen LogP contribution in [-0.2, 0) is 25.6 Å². The van der Waals surface area contributed by atoms with Gasteiger partial charge in [-0.25, -0.2) is 4.79 Å². The van der Waals surface area contributed by atoms with Crippen LogP contribution in [0, 0.1) is 0 Å². The molecule has 0 fully saturated rings. The number of carbonyl (C=O) groups is 4. The van der Waals surface area contributed by atoms with E-state index in [-0.39, 0.29) is 31.8 Å². The van der Waals surface area contributed by atoms with E-state index in [4.69, 9.17) is 28.0 Å². The maximum absolute atomic E-state index is 13.1. The topological polar surface area (TPSA) is 261 Å². The van der Waals surface area contributed by atoms with Crippen molar-refractivity contribution in [2.24, 2.45) is 27.9 Å². The first kappa shape index (κ1) is 32.3. The Morgan fingerprint density at radius 3 is 1.92 bits per heavy atom. The van der Waals surface area contributed by atoms with Crippen LogP contribution in [0.4, 0.5) is 0 Å². The molecule has 0 saturated carbocycles. The van der Waals surface area contributed by atoms with Crippen LogP contribution in [0.3, 0.4) is 0 Å². The number of benzene rings is 1. The molecular formula is C24H40N8O6. The lowest BCUT2D eigenvalue weighted by atomic mass is 10.0. The molecule has 0 saturated heterocycles. The number of nitrogens with two attached hydrogens (primary N) is 4. The van der Waals surface area contributed by atoms with Crippen LogP contribution in [0.25, 0.3) is 0 Å². The Balaban J connectivity index is 3.02. The fraction of sp³-hybridized carbons (Fsp3) is 0.542. The van der Waals surface area contributed by atoms with Crippen molar-refractivity contribution in [1.29, 1.82) is 0 Å². The largest absolute Gasteiger partial charge is 0.480 e. The Hall–Kier alpha value is -3.75. The monoisotopic (exact) mass is 536 g/mol. The van der Waals surface area contributed by atoms with E-state index in [9.17, 15) is 24.3 Å². The van der Waals surface area contributed by atoms with Crippen LogP contribution in [0.2, 0.25) is 0 Å². The smallest absolute Gasteiger partial charge is 0.326 e. The Morgan fingerprint density at radius 1 is 0.842 bits per heavy atom. The predicted molar refractivity (Wildman–Crippen MR) is 141 cm³/mol. The van der Waals surface area contributed by atoms with Crippen LogP contribution < -0.4 is 38.9 Å². The van der Waals surface area contributed by atoms with Gasteiger partial charge in [-0.15, -0.1) is 0 Å². The number of rotatable bonds is 18. The SMILES string of the molecule is NCCCCC(NC(=O)C(CCCN=C(N)N)NC(=O)C(N)CO)C(=O)NC(Cc1ccccc1)C(=O)O. The standard InChI is InChI=1S/C24H40N8O6/c25-11-5-4-9-17(22(36)32-19(23(37)38)13-15-7-2-1-3-8-15)31-21(35)18(10-6-12-29-24(27)28)30-20(34)16(26)14-33/h1-3,7-8,16-19,33H,4-6,9-14,25-26H2,(H,30,34)(H,31,35)(H,32,36)(H,37,38)(H4,27,28,29).